The summed E-state index contributed by atoms with van der Waals surface area (Å²) in [5.41, 5.74) is 6.26. The summed E-state index contributed by atoms with van der Waals surface area (Å²) in [5.74, 6) is 1.56. The lowest BCUT2D eigenvalue weighted by Crippen LogP contribution is -1.95. The van der Waals surface area contributed by atoms with Crippen LogP contribution in [0.15, 0.2) is 144 Å². The van der Waals surface area contributed by atoms with Gasteiger partial charge in [-0.05, 0) is 67.9 Å². The maximum absolute atomic E-state index is 6.69. The molecule has 0 N–H and O–H groups in total. The van der Waals surface area contributed by atoms with Gasteiger partial charge in [0.05, 0.1) is 7.11 Å². The van der Waals surface area contributed by atoms with E-state index in [-0.39, 0.29) is 0 Å². The number of aryl methyl sites for hydroxylation is 2. The Morgan fingerprint density at radius 3 is 1.35 bits per heavy atom. The zero-order valence-electron chi connectivity index (χ0n) is 26.4. The average Bonchev–Trinajstić information content (AvgIpc) is 3.37. The van der Waals surface area contributed by atoms with Crippen molar-refractivity contribution in [1.29, 1.82) is 0 Å². The predicted molar refractivity (Wildman–Crippen MR) is 193 cm³/mol. The van der Waals surface area contributed by atoms with Crippen LogP contribution in [0.5, 0.6) is 17.2 Å². The summed E-state index contributed by atoms with van der Waals surface area (Å²) in [6, 6.07) is 41.4. The summed E-state index contributed by atoms with van der Waals surface area (Å²) in [6.45, 7) is 4.05. The molecule has 0 aliphatic carbocycles. The van der Waals surface area contributed by atoms with Crippen molar-refractivity contribution >= 4 is 60.4 Å². The van der Waals surface area contributed by atoms with E-state index in [1.165, 1.54) is 0 Å². The second-order valence-electron chi connectivity index (χ2n) is 11.3. The van der Waals surface area contributed by atoms with Crippen molar-refractivity contribution in [2.75, 3.05) is 7.11 Å². The van der Waals surface area contributed by atoms with Crippen LogP contribution in [-0.2, 0) is 0 Å². The van der Waals surface area contributed by atoms with Crippen molar-refractivity contribution in [1.82, 2.24) is 0 Å². The monoisotopic (exact) mass is 672 g/mol. The van der Waals surface area contributed by atoms with Gasteiger partial charge >= 0.3 is 16.5 Å². The molecule has 0 saturated carbocycles. The Morgan fingerprint density at radius 2 is 0.875 bits per heavy atom. The minimum atomic E-state index is -1.95. The summed E-state index contributed by atoms with van der Waals surface area (Å²) in [7, 11) is -2.21. The van der Waals surface area contributed by atoms with Gasteiger partial charge in [-0.25, -0.2) is 0 Å². The summed E-state index contributed by atoms with van der Waals surface area (Å²) in [6.07, 6.45) is 0. The molecule has 0 unspecified atom stereocenters. The lowest BCUT2D eigenvalue weighted by atomic mass is 9.99. The zero-order valence-corrected chi connectivity index (χ0v) is 28.2. The third kappa shape index (κ3) is 5.68. The molecule has 2 aromatic heterocycles. The lowest BCUT2D eigenvalue weighted by Gasteiger charge is -2.17. The SMILES string of the molecule is COc1cc(C)cc(-c2cc(C)ccc2Op2oc3ccccc3c3ccccc3o2)c1Op1oc2ccccc2c2ccccc2o1. The number of methoxy groups -OCH3 is 1. The molecule has 8 rings (SSSR count). The Balaban J connectivity index is 1.31. The first-order valence-corrected chi connectivity index (χ1v) is 17.6. The fourth-order valence-electron chi connectivity index (χ4n) is 5.78. The number of para-hydroxylation sites is 4. The highest BCUT2D eigenvalue weighted by molar-refractivity contribution is 7.32. The third-order valence-electron chi connectivity index (χ3n) is 8.00. The summed E-state index contributed by atoms with van der Waals surface area (Å²) < 4.78 is 44.8. The number of benzene rings is 6. The Hall–Kier alpha value is -5.48. The molecule has 6 aromatic carbocycles. The summed E-state index contributed by atoms with van der Waals surface area (Å²) in [4.78, 5) is 0. The molecule has 0 radical (unpaired) electrons. The molecule has 0 aliphatic heterocycles. The van der Waals surface area contributed by atoms with E-state index in [9.17, 15) is 0 Å². The van der Waals surface area contributed by atoms with E-state index in [2.05, 4.69) is 6.07 Å². The number of hydrogen-bond donors (Lipinski definition) is 0. The van der Waals surface area contributed by atoms with Crippen LogP contribution in [0.2, 0.25) is 0 Å². The highest BCUT2D eigenvalue weighted by atomic mass is 31.1. The van der Waals surface area contributed by atoms with Crippen LogP contribution in [-0.4, -0.2) is 7.11 Å². The van der Waals surface area contributed by atoms with Crippen LogP contribution in [0.1, 0.15) is 11.1 Å². The Bertz CT molecular complexity index is 2440. The van der Waals surface area contributed by atoms with Crippen molar-refractivity contribution < 1.29 is 30.6 Å². The molecule has 238 valence electrons. The minimum absolute atomic E-state index is 0.465. The van der Waals surface area contributed by atoms with E-state index in [1.807, 2.05) is 135 Å². The minimum Gasteiger partial charge on any atom is -0.493 e. The molecule has 0 bridgehead atoms. The van der Waals surface area contributed by atoms with E-state index in [4.69, 9.17) is 30.6 Å². The Labute approximate surface area is 278 Å². The maximum atomic E-state index is 6.69. The average molecular weight is 673 g/mol. The molecule has 48 heavy (non-hydrogen) atoms. The molecule has 0 spiro atoms. The van der Waals surface area contributed by atoms with E-state index >= 15 is 0 Å². The van der Waals surface area contributed by atoms with E-state index in [0.29, 0.717) is 39.6 Å². The van der Waals surface area contributed by atoms with E-state index in [1.54, 1.807) is 7.11 Å². The molecule has 8 aromatic rings. The lowest BCUT2D eigenvalue weighted by molar-refractivity contribution is 0.391. The maximum Gasteiger partial charge on any atom is 0.453 e. The highest BCUT2D eigenvalue weighted by Gasteiger charge is 2.22. The molecule has 0 amide bonds. The molecular weight excluding hydrogens is 642 g/mol. The van der Waals surface area contributed by atoms with Crippen LogP contribution >= 0.6 is 16.5 Å². The summed E-state index contributed by atoms with van der Waals surface area (Å²) >= 11 is 0. The van der Waals surface area contributed by atoms with Gasteiger partial charge in [-0.1, -0.05) is 84.4 Å². The van der Waals surface area contributed by atoms with E-state index in [0.717, 1.165) is 43.8 Å². The van der Waals surface area contributed by atoms with Gasteiger partial charge < -0.3 is 30.6 Å². The Kier molecular flexibility index (Phi) is 7.85. The molecule has 9 heteroatoms. The van der Waals surface area contributed by atoms with Crippen LogP contribution in [0.25, 0.3) is 55.0 Å². The number of hydrogen-bond acceptors (Lipinski definition) is 7. The van der Waals surface area contributed by atoms with Crippen LogP contribution in [0.3, 0.4) is 0 Å². The van der Waals surface area contributed by atoms with Gasteiger partial charge in [0.15, 0.2) is 11.5 Å². The van der Waals surface area contributed by atoms with Gasteiger partial charge in [-0.3, -0.25) is 0 Å². The second kappa shape index (κ2) is 12.6. The smallest absolute Gasteiger partial charge is 0.453 e. The quantitative estimate of drug-likeness (QED) is 0.174. The van der Waals surface area contributed by atoms with Gasteiger partial charge in [-0.15, -0.1) is 0 Å². The molecular formula is C39H30O7P2. The van der Waals surface area contributed by atoms with Gasteiger partial charge in [0.1, 0.15) is 28.1 Å². The largest absolute Gasteiger partial charge is 0.493 e. The van der Waals surface area contributed by atoms with Gasteiger partial charge in [0, 0.05) is 32.7 Å². The number of fused-ring (bicyclic) bond motifs is 6. The van der Waals surface area contributed by atoms with Crippen molar-refractivity contribution in [2.24, 2.45) is 0 Å². The summed E-state index contributed by atoms with van der Waals surface area (Å²) in [5, 5.41) is 3.75. The topological polar surface area (TPSA) is 80.2 Å². The second-order valence-corrected chi connectivity index (χ2v) is 13.3. The van der Waals surface area contributed by atoms with Crippen molar-refractivity contribution in [2.45, 2.75) is 13.8 Å². The zero-order chi connectivity index (χ0) is 32.6. The fourth-order valence-corrected chi connectivity index (χ4v) is 7.94. The first-order chi connectivity index (χ1) is 23.5. The fraction of sp³-hybridized carbons (Fsp3) is 0.0769. The van der Waals surface area contributed by atoms with Crippen LogP contribution in [0, 0.1) is 13.8 Å². The molecule has 7 nitrogen and oxygen atoms in total. The number of rotatable bonds is 6. The first kappa shape index (κ1) is 29.9. The number of ether oxygens (including phenoxy) is 1. The standard InChI is InChI=1S/C39H30O7P2/c1-25-20-21-37(45-47-41-33-16-8-4-12-27(33)28-13-5-9-17-34(28)42-47)31(22-25)32-23-26(2)24-38(40-3)39(32)46-48-43-35-18-10-6-14-29(35)30-15-7-11-19-36(30)44-48/h4-24H,1-3H3. The molecule has 0 fully saturated rings. The first-order valence-electron chi connectivity index (χ1n) is 15.4. The van der Waals surface area contributed by atoms with E-state index < -0.39 is 16.5 Å². The normalized spacial score (nSPS) is 11.2. The molecule has 0 atom stereocenters. The van der Waals surface area contributed by atoms with Crippen LogP contribution in [0.4, 0.5) is 0 Å². The van der Waals surface area contributed by atoms with Crippen molar-refractivity contribution in [3.8, 4) is 28.4 Å². The highest BCUT2D eigenvalue weighted by Crippen LogP contribution is 2.49. The van der Waals surface area contributed by atoms with Crippen molar-refractivity contribution in [3.05, 3.63) is 139 Å². The van der Waals surface area contributed by atoms with Crippen LogP contribution < -0.4 is 13.8 Å². The molecule has 2 heterocycles. The predicted octanol–water partition coefficient (Wildman–Crippen LogP) is 12.9. The van der Waals surface area contributed by atoms with Gasteiger partial charge in [0.25, 0.3) is 0 Å². The third-order valence-corrected chi connectivity index (χ3v) is 10.1. The Morgan fingerprint density at radius 1 is 0.438 bits per heavy atom. The van der Waals surface area contributed by atoms with Crippen molar-refractivity contribution in [3.63, 3.8) is 0 Å². The molecule has 0 saturated heterocycles. The molecule has 0 aliphatic rings. The van der Waals surface area contributed by atoms with Gasteiger partial charge in [0.2, 0.25) is 0 Å². The van der Waals surface area contributed by atoms with Gasteiger partial charge in [-0.2, -0.15) is 0 Å².